The fraction of sp³-hybridized carbons (Fsp3) is 0.588. The SMILES string of the molecule is CC.CCn1c(-c2cc(N3CCN(C4CC4)CC3)cnc2C(C)OC)c(CC(C)(C)COC(C)=O)c2cc(Br)ccc21. The number of fused-ring (bicyclic) bond motifs is 1. The largest absolute Gasteiger partial charge is 0.465 e. The molecular weight excluding hydrogens is 592 g/mol. The molecular formula is C34H49BrN4O3. The summed E-state index contributed by atoms with van der Waals surface area (Å²) in [6.45, 7) is 19.5. The van der Waals surface area contributed by atoms with E-state index in [1.165, 1.54) is 41.9 Å². The van der Waals surface area contributed by atoms with Crippen molar-refractivity contribution >= 4 is 38.5 Å². The van der Waals surface area contributed by atoms with E-state index in [0.29, 0.717) is 6.61 Å². The summed E-state index contributed by atoms with van der Waals surface area (Å²) in [5.74, 6) is -0.248. The van der Waals surface area contributed by atoms with E-state index in [1.54, 1.807) is 7.11 Å². The molecule has 3 aromatic rings. The van der Waals surface area contributed by atoms with Crippen LogP contribution in [0.5, 0.6) is 0 Å². The molecule has 1 aliphatic carbocycles. The zero-order valence-electron chi connectivity index (χ0n) is 26.8. The predicted molar refractivity (Wildman–Crippen MR) is 176 cm³/mol. The fourth-order valence-corrected chi connectivity index (χ4v) is 6.45. The van der Waals surface area contributed by atoms with Crippen molar-refractivity contribution in [1.29, 1.82) is 0 Å². The molecule has 2 fully saturated rings. The molecule has 0 N–H and O–H groups in total. The molecule has 1 saturated heterocycles. The molecule has 8 heteroatoms. The van der Waals surface area contributed by atoms with Crippen molar-refractivity contribution in [2.75, 3.05) is 44.8 Å². The second kappa shape index (κ2) is 13.9. The minimum Gasteiger partial charge on any atom is -0.465 e. The lowest BCUT2D eigenvalue weighted by atomic mass is 9.84. The Hall–Kier alpha value is -2.42. The minimum atomic E-state index is -0.257. The standard InChI is InChI=1S/C32H43BrN4O3.C2H6/c1-7-37-29-11-8-23(33)16-26(29)28(18-32(4,5)20-40-22(3)38)31(37)27-17-25(19-34-30(27)21(2)39-6)36-14-12-35(13-15-36)24-9-10-24;1-2/h8,11,16-17,19,21,24H,7,9-10,12-15,18,20H2,1-6H3;1-2H3. The van der Waals surface area contributed by atoms with Gasteiger partial charge in [-0.3, -0.25) is 14.7 Å². The van der Waals surface area contributed by atoms with E-state index in [2.05, 4.69) is 82.3 Å². The lowest BCUT2D eigenvalue weighted by molar-refractivity contribution is -0.143. The first kappa shape index (κ1) is 32.5. The first-order valence-electron chi connectivity index (χ1n) is 15.6. The van der Waals surface area contributed by atoms with Crippen molar-refractivity contribution < 1.29 is 14.3 Å². The minimum absolute atomic E-state index is 0.160. The monoisotopic (exact) mass is 640 g/mol. The molecule has 0 radical (unpaired) electrons. The van der Waals surface area contributed by atoms with Crippen LogP contribution in [0.1, 0.15) is 78.7 Å². The third-order valence-corrected chi connectivity index (χ3v) is 8.90. The molecule has 5 rings (SSSR count). The number of pyridine rings is 1. The Morgan fingerprint density at radius 2 is 1.83 bits per heavy atom. The molecule has 1 saturated carbocycles. The molecule has 2 aromatic heterocycles. The van der Waals surface area contributed by atoms with Gasteiger partial charge in [-0.15, -0.1) is 0 Å². The number of hydrogen-bond acceptors (Lipinski definition) is 6. The normalized spacial score (nSPS) is 16.7. The van der Waals surface area contributed by atoms with Gasteiger partial charge in [0.05, 0.1) is 36.0 Å². The lowest BCUT2D eigenvalue weighted by Gasteiger charge is -2.36. The van der Waals surface area contributed by atoms with Gasteiger partial charge in [0.25, 0.3) is 0 Å². The van der Waals surface area contributed by atoms with Crippen LogP contribution in [0.3, 0.4) is 0 Å². The number of esters is 1. The summed E-state index contributed by atoms with van der Waals surface area (Å²) in [5.41, 5.74) is 6.58. The highest BCUT2D eigenvalue weighted by Gasteiger charge is 2.32. The second-order valence-corrected chi connectivity index (χ2v) is 13.0. The molecule has 2 aliphatic rings. The molecule has 1 atom stereocenters. The van der Waals surface area contributed by atoms with E-state index >= 15 is 0 Å². The van der Waals surface area contributed by atoms with Crippen LogP contribution in [0.15, 0.2) is 34.9 Å². The number of piperazine rings is 1. The smallest absolute Gasteiger partial charge is 0.302 e. The molecule has 42 heavy (non-hydrogen) atoms. The van der Waals surface area contributed by atoms with Crippen molar-refractivity contribution in [2.45, 2.75) is 86.4 Å². The lowest BCUT2D eigenvalue weighted by Crippen LogP contribution is -2.47. The molecule has 230 valence electrons. The van der Waals surface area contributed by atoms with Crippen LogP contribution >= 0.6 is 15.9 Å². The number of nitrogens with zero attached hydrogens (tertiary/aromatic N) is 4. The van der Waals surface area contributed by atoms with Crippen molar-refractivity contribution in [3.63, 3.8) is 0 Å². The van der Waals surface area contributed by atoms with E-state index in [0.717, 1.165) is 66.6 Å². The third kappa shape index (κ3) is 7.20. The number of rotatable bonds is 10. The first-order valence-corrected chi connectivity index (χ1v) is 16.4. The van der Waals surface area contributed by atoms with Crippen LogP contribution in [0, 0.1) is 5.41 Å². The van der Waals surface area contributed by atoms with Crippen molar-refractivity contribution in [3.8, 4) is 11.3 Å². The topological polar surface area (TPSA) is 59.8 Å². The second-order valence-electron chi connectivity index (χ2n) is 12.1. The third-order valence-electron chi connectivity index (χ3n) is 8.41. The first-order chi connectivity index (χ1) is 20.1. The van der Waals surface area contributed by atoms with E-state index in [-0.39, 0.29) is 17.5 Å². The number of carbonyl (C=O) groups excluding carboxylic acids is 1. The number of halogens is 1. The van der Waals surface area contributed by atoms with Crippen molar-refractivity contribution in [1.82, 2.24) is 14.5 Å². The fourth-order valence-electron chi connectivity index (χ4n) is 6.09. The number of hydrogen-bond donors (Lipinski definition) is 0. The van der Waals surface area contributed by atoms with Gasteiger partial charge in [0.2, 0.25) is 0 Å². The number of carbonyl (C=O) groups is 1. The Labute approximate surface area is 260 Å². The van der Waals surface area contributed by atoms with Gasteiger partial charge >= 0.3 is 5.97 Å². The van der Waals surface area contributed by atoms with Gasteiger partial charge in [0, 0.05) is 79.2 Å². The van der Waals surface area contributed by atoms with E-state index in [9.17, 15) is 4.79 Å². The molecule has 3 heterocycles. The summed E-state index contributed by atoms with van der Waals surface area (Å²) < 4.78 is 14.8. The molecule has 0 bridgehead atoms. The number of anilines is 1. The van der Waals surface area contributed by atoms with E-state index in [4.69, 9.17) is 14.5 Å². The van der Waals surface area contributed by atoms with E-state index < -0.39 is 0 Å². The quantitative estimate of drug-likeness (QED) is 0.212. The van der Waals surface area contributed by atoms with Crippen molar-refractivity contribution in [2.24, 2.45) is 5.41 Å². The van der Waals surface area contributed by atoms with Gasteiger partial charge in [-0.05, 0) is 62.9 Å². The number of ether oxygens (including phenoxy) is 2. The summed E-state index contributed by atoms with van der Waals surface area (Å²) in [5, 5.41) is 1.21. The molecule has 1 aromatic carbocycles. The van der Waals surface area contributed by atoms with Gasteiger partial charge in [0.15, 0.2) is 0 Å². The average molecular weight is 642 g/mol. The van der Waals surface area contributed by atoms with Crippen LogP contribution in [0.25, 0.3) is 22.2 Å². The summed E-state index contributed by atoms with van der Waals surface area (Å²) in [6.07, 6.45) is 5.32. The number of aryl methyl sites for hydroxylation is 1. The molecule has 1 unspecified atom stereocenters. The Morgan fingerprint density at radius 3 is 2.43 bits per heavy atom. The van der Waals surface area contributed by atoms with Crippen LogP contribution in [0.2, 0.25) is 0 Å². The Morgan fingerprint density at radius 1 is 1.14 bits per heavy atom. The summed E-state index contributed by atoms with van der Waals surface area (Å²) in [6, 6.07) is 9.67. The van der Waals surface area contributed by atoms with Gasteiger partial charge in [-0.1, -0.05) is 43.6 Å². The highest BCUT2D eigenvalue weighted by atomic mass is 79.9. The zero-order valence-corrected chi connectivity index (χ0v) is 28.4. The van der Waals surface area contributed by atoms with Gasteiger partial charge in [0.1, 0.15) is 0 Å². The zero-order chi connectivity index (χ0) is 30.6. The molecule has 1 aliphatic heterocycles. The summed E-state index contributed by atoms with van der Waals surface area (Å²) in [7, 11) is 1.75. The number of benzene rings is 1. The number of methoxy groups -OCH3 is 1. The van der Waals surface area contributed by atoms with Crippen LogP contribution in [0.4, 0.5) is 5.69 Å². The highest BCUT2D eigenvalue weighted by Crippen LogP contribution is 2.42. The average Bonchev–Trinajstić information content (AvgIpc) is 3.80. The highest BCUT2D eigenvalue weighted by molar-refractivity contribution is 9.10. The van der Waals surface area contributed by atoms with Crippen LogP contribution < -0.4 is 4.90 Å². The Bertz CT molecular complexity index is 1370. The summed E-state index contributed by atoms with van der Waals surface area (Å²) in [4.78, 5) is 21.9. The van der Waals surface area contributed by atoms with Gasteiger partial charge in [-0.25, -0.2) is 0 Å². The van der Waals surface area contributed by atoms with Crippen LogP contribution in [-0.2, 0) is 27.2 Å². The Balaban J connectivity index is 0.00000198. The van der Waals surface area contributed by atoms with Gasteiger partial charge in [-0.2, -0.15) is 0 Å². The molecule has 7 nitrogen and oxygen atoms in total. The maximum absolute atomic E-state index is 11.7. The van der Waals surface area contributed by atoms with Gasteiger partial charge < -0.3 is 18.9 Å². The van der Waals surface area contributed by atoms with Crippen molar-refractivity contribution in [3.05, 3.63) is 46.2 Å². The predicted octanol–water partition coefficient (Wildman–Crippen LogP) is 7.64. The maximum atomic E-state index is 11.7. The molecule has 0 spiro atoms. The molecule has 0 amide bonds. The Kier molecular flexibility index (Phi) is 10.8. The maximum Gasteiger partial charge on any atom is 0.302 e. The summed E-state index contributed by atoms with van der Waals surface area (Å²) >= 11 is 3.72. The van der Waals surface area contributed by atoms with Crippen LogP contribution in [-0.4, -0.2) is 66.4 Å². The van der Waals surface area contributed by atoms with E-state index in [1.807, 2.05) is 20.0 Å². The number of aromatic nitrogens is 2.